The standard InChI is InChI=1S/C14H16F3NO3/c1-18(9-14(15,16)17)8-11-7-12(21-2)5-3-10(11)4-6-13(19)20/h3-7H,8-9H2,1-2H3,(H,19,20). The summed E-state index contributed by atoms with van der Waals surface area (Å²) in [6.07, 6.45) is -2.00. The van der Waals surface area contributed by atoms with E-state index in [1.165, 1.54) is 20.2 Å². The minimum atomic E-state index is -4.29. The van der Waals surface area contributed by atoms with Crippen LogP contribution in [0.3, 0.4) is 0 Å². The van der Waals surface area contributed by atoms with Crippen molar-refractivity contribution in [3.63, 3.8) is 0 Å². The lowest BCUT2D eigenvalue weighted by atomic mass is 10.1. The fourth-order valence-corrected chi connectivity index (χ4v) is 1.82. The molecule has 0 spiro atoms. The number of alkyl halides is 3. The van der Waals surface area contributed by atoms with Gasteiger partial charge in [0.1, 0.15) is 5.75 Å². The summed E-state index contributed by atoms with van der Waals surface area (Å²) >= 11 is 0. The van der Waals surface area contributed by atoms with E-state index in [9.17, 15) is 18.0 Å². The van der Waals surface area contributed by atoms with Crippen LogP contribution in [0, 0.1) is 0 Å². The summed E-state index contributed by atoms with van der Waals surface area (Å²) < 4.78 is 42.1. The molecule has 0 fully saturated rings. The minimum Gasteiger partial charge on any atom is -0.497 e. The molecule has 0 amide bonds. The number of carboxylic acids is 1. The van der Waals surface area contributed by atoms with Crippen LogP contribution in [0.25, 0.3) is 6.08 Å². The fraction of sp³-hybridized carbons (Fsp3) is 0.357. The first-order valence-corrected chi connectivity index (χ1v) is 6.04. The molecule has 1 N–H and O–H groups in total. The molecule has 0 saturated carbocycles. The Bertz CT molecular complexity index is 527. The average molecular weight is 303 g/mol. The average Bonchev–Trinajstić information content (AvgIpc) is 2.34. The largest absolute Gasteiger partial charge is 0.497 e. The maximum Gasteiger partial charge on any atom is 0.401 e. The van der Waals surface area contributed by atoms with Crippen molar-refractivity contribution in [3.05, 3.63) is 35.4 Å². The summed E-state index contributed by atoms with van der Waals surface area (Å²) in [5.74, 6) is -0.627. The number of benzene rings is 1. The highest BCUT2D eigenvalue weighted by molar-refractivity contribution is 5.85. The number of rotatable bonds is 6. The highest BCUT2D eigenvalue weighted by Crippen LogP contribution is 2.22. The predicted octanol–water partition coefficient (Wildman–Crippen LogP) is 2.79. The highest BCUT2D eigenvalue weighted by Gasteiger charge is 2.29. The van der Waals surface area contributed by atoms with Crippen molar-refractivity contribution in [2.24, 2.45) is 0 Å². The quantitative estimate of drug-likeness (QED) is 0.821. The molecule has 7 heteroatoms. The van der Waals surface area contributed by atoms with Crippen molar-refractivity contribution in [1.82, 2.24) is 4.90 Å². The van der Waals surface area contributed by atoms with Gasteiger partial charge < -0.3 is 9.84 Å². The maximum absolute atomic E-state index is 12.4. The van der Waals surface area contributed by atoms with Gasteiger partial charge in [0.15, 0.2) is 0 Å². The van der Waals surface area contributed by atoms with Gasteiger partial charge in [-0.3, -0.25) is 4.90 Å². The molecule has 0 atom stereocenters. The number of aliphatic carboxylic acids is 1. The van der Waals surface area contributed by atoms with Gasteiger partial charge >= 0.3 is 12.1 Å². The summed E-state index contributed by atoms with van der Waals surface area (Å²) in [5.41, 5.74) is 1.09. The van der Waals surface area contributed by atoms with Crippen LogP contribution in [0.4, 0.5) is 13.2 Å². The molecule has 0 aliphatic carbocycles. The second kappa shape index (κ2) is 7.12. The second-order valence-electron chi connectivity index (χ2n) is 4.52. The maximum atomic E-state index is 12.4. The molecule has 0 bridgehead atoms. The molecule has 1 aromatic carbocycles. The van der Waals surface area contributed by atoms with Crippen LogP contribution in [0.15, 0.2) is 24.3 Å². The summed E-state index contributed by atoms with van der Waals surface area (Å²) in [6, 6.07) is 4.82. The van der Waals surface area contributed by atoms with Gasteiger partial charge in [0.25, 0.3) is 0 Å². The Hall–Kier alpha value is -2.02. The Kier molecular flexibility index (Phi) is 5.78. The van der Waals surface area contributed by atoms with E-state index < -0.39 is 18.7 Å². The third-order valence-electron chi connectivity index (χ3n) is 2.65. The van der Waals surface area contributed by atoms with Gasteiger partial charge in [0.2, 0.25) is 0 Å². The van der Waals surface area contributed by atoms with E-state index in [1.807, 2.05) is 0 Å². The number of hydrogen-bond acceptors (Lipinski definition) is 3. The van der Waals surface area contributed by atoms with E-state index >= 15 is 0 Å². The lowest BCUT2D eigenvalue weighted by Gasteiger charge is -2.20. The van der Waals surface area contributed by atoms with Crippen molar-refractivity contribution < 1.29 is 27.8 Å². The molecular weight excluding hydrogens is 287 g/mol. The lowest BCUT2D eigenvalue weighted by Crippen LogP contribution is -2.30. The third-order valence-corrected chi connectivity index (χ3v) is 2.65. The molecule has 1 rings (SSSR count). The van der Waals surface area contributed by atoms with Crippen molar-refractivity contribution in [2.75, 3.05) is 20.7 Å². The van der Waals surface area contributed by atoms with Crippen LogP contribution in [-0.4, -0.2) is 42.9 Å². The number of hydrogen-bond donors (Lipinski definition) is 1. The predicted molar refractivity (Wildman–Crippen MR) is 72.1 cm³/mol. The molecule has 4 nitrogen and oxygen atoms in total. The summed E-state index contributed by atoms with van der Waals surface area (Å²) in [6.45, 7) is -1.03. The van der Waals surface area contributed by atoms with Gasteiger partial charge in [-0.2, -0.15) is 13.2 Å². The van der Waals surface area contributed by atoms with Crippen LogP contribution in [0.5, 0.6) is 5.75 Å². The zero-order valence-electron chi connectivity index (χ0n) is 11.6. The van der Waals surface area contributed by atoms with Gasteiger partial charge in [-0.25, -0.2) is 4.79 Å². The molecule has 0 radical (unpaired) electrons. The van der Waals surface area contributed by atoms with E-state index in [1.54, 1.807) is 18.2 Å². The Morgan fingerprint density at radius 2 is 2.10 bits per heavy atom. The summed E-state index contributed by atoms with van der Waals surface area (Å²) in [7, 11) is 2.79. The summed E-state index contributed by atoms with van der Waals surface area (Å²) in [4.78, 5) is 11.7. The third kappa shape index (κ3) is 6.31. The normalized spacial score (nSPS) is 12.1. The minimum absolute atomic E-state index is 0.0238. The Morgan fingerprint density at radius 1 is 1.43 bits per heavy atom. The number of methoxy groups -OCH3 is 1. The van der Waals surface area contributed by atoms with Gasteiger partial charge in [-0.05, 0) is 36.4 Å². The molecule has 0 saturated heterocycles. The molecule has 0 aliphatic rings. The number of carboxylic acid groups (broad SMARTS) is 1. The van der Waals surface area contributed by atoms with Crippen molar-refractivity contribution in [2.45, 2.75) is 12.7 Å². The fourth-order valence-electron chi connectivity index (χ4n) is 1.82. The molecule has 0 heterocycles. The van der Waals surface area contributed by atoms with Gasteiger partial charge in [0.05, 0.1) is 13.7 Å². The molecule has 0 aliphatic heterocycles. The van der Waals surface area contributed by atoms with Crippen LogP contribution >= 0.6 is 0 Å². The number of carbonyl (C=O) groups is 1. The van der Waals surface area contributed by atoms with Crippen molar-refractivity contribution in [3.8, 4) is 5.75 Å². The monoisotopic (exact) mass is 303 g/mol. The molecular formula is C14H16F3NO3. The van der Waals surface area contributed by atoms with Crippen molar-refractivity contribution in [1.29, 1.82) is 0 Å². The Balaban J connectivity index is 2.98. The van der Waals surface area contributed by atoms with Crippen LogP contribution in [0.1, 0.15) is 11.1 Å². The van der Waals surface area contributed by atoms with E-state index in [4.69, 9.17) is 9.84 Å². The molecule has 116 valence electrons. The number of ether oxygens (including phenoxy) is 1. The van der Waals surface area contributed by atoms with E-state index in [-0.39, 0.29) is 6.54 Å². The molecule has 21 heavy (non-hydrogen) atoms. The van der Waals surface area contributed by atoms with Gasteiger partial charge in [-0.1, -0.05) is 6.07 Å². The number of halogens is 3. The Labute approximate surface area is 120 Å². The lowest BCUT2D eigenvalue weighted by molar-refractivity contribution is -0.144. The zero-order chi connectivity index (χ0) is 16.0. The van der Waals surface area contributed by atoms with E-state index in [0.29, 0.717) is 16.9 Å². The molecule has 1 aromatic rings. The highest BCUT2D eigenvalue weighted by atomic mass is 19.4. The second-order valence-corrected chi connectivity index (χ2v) is 4.52. The van der Waals surface area contributed by atoms with E-state index in [2.05, 4.69) is 0 Å². The zero-order valence-corrected chi connectivity index (χ0v) is 11.6. The Morgan fingerprint density at radius 3 is 2.62 bits per heavy atom. The number of nitrogens with zero attached hydrogens (tertiary/aromatic N) is 1. The molecule has 0 unspecified atom stereocenters. The smallest absolute Gasteiger partial charge is 0.401 e. The first-order chi connectivity index (χ1) is 9.71. The topological polar surface area (TPSA) is 49.8 Å². The first-order valence-electron chi connectivity index (χ1n) is 6.04. The van der Waals surface area contributed by atoms with Gasteiger partial charge in [-0.15, -0.1) is 0 Å². The first kappa shape index (κ1) is 17.0. The van der Waals surface area contributed by atoms with E-state index in [0.717, 1.165) is 11.0 Å². The van der Waals surface area contributed by atoms with Gasteiger partial charge in [0, 0.05) is 12.6 Å². The molecule has 0 aromatic heterocycles. The summed E-state index contributed by atoms with van der Waals surface area (Å²) in [5, 5.41) is 8.63. The van der Waals surface area contributed by atoms with Crippen LogP contribution in [-0.2, 0) is 11.3 Å². The SMILES string of the molecule is COc1ccc(C=CC(=O)O)c(CN(C)CC(F)(F)F)c1. The van der Waals surface area contributed by atoms with Crippen molar-refractivity contribution >= 4 is 12.0 Å². The van der Waals surface area contributed by atoms with Crippen LogP contribution < -0.4 is 4.74 Å². The van der Waals surface area contributed by atoms with Crippen LogP contribution in [0.2, 0.25) is 0 Å².